The molecule has 0 radical (unpaired) electrons. The van der Waals surface area contributed by atoms with E-state index in [2.05, 4.69) is 39.1 Å². The number of carbonyl (C=O) groups is 1. The average molecular weight is 476 g/mol. The van der Waals surface area contributed by atoms with Crippen molar-refractivity contribution in [1.82, 2.24) is 16.0 Å². The summed E-state index contributed by atoms with van der Waals surface area (Å²) in [6.45, 7) is 9.67. The maximum atomic E-state index is 12.0. The van der Waals surface area contributed by atoms with E-state index in [1.807, 2.05) is 27.7 Å². The second-order valence-corrected chi connectivity index (χ2v) is 6.65. The summed E-state index contributed by atoms with van der Waals surface area (Å²) in [5.41, 5.74) is 1.83. The van der Waals surface area contributed by atoms with Gasteiger partial charge in [-0.2, -0.15) is 0 Å². The molecule has 26 heavy (non-hydrogen) atoms. The van der Waals surface area contributed by atoms with Crippen molar-refractivity contribution >= 4 is 35.8 Å². The highest BCUT2D eigenvalue weighted by atomic mass is 127. The number of methoxy groups -OCH3 is 1. The van der Waals surface area contributed by atoms with Crippen molar-refractivity contribution in [2.24, 2.45) is 10.4 Å². The van der Waals surface area contributed by atoms with Crippen LogP contribution in [-0.2, 0) is 11.2 Å². The number of rotatable bonds is 8. The van der Waals surface area contributed by atoms with E-state index >= 15 is 0 Å². The van der Waals surface area contributed by atoms with Crippen LogP contribution < -0.4 is 20.7 Å². The number of hydrogen-bond acceptors (Lipinski definition) is 3. The van der Waals surface area contributed by atoms with Crippen molar-refractivity contribution in [3.63, 3.8) is 0 Å². The zero-order valence-corrected chi connectivity index (χ0v) is 19.1. The predicted octanol–water partition coefficient (Wildman–Crippen LogP) is 2.49. The number of aryl methyl sites for hydroxylation is 1. The number of hydrogen-bond donors (Lipinski definition) is 3. The molecule has 6 nitrogen and oxygen atoms in total. The quantitative estimate of drug-likeness (QED) is 0.306. The van der Waals surface area contributed by atoms with Gasteiger partial charge < -0.3 is 20.7 Å². The topological polar surface area (TPSA) is 74.8 Å². The Balaban J connectivity index is 0.00000625. The van der Waals surface area contributed by atoms with Crippen LogP contribution in [0.4, 0.5) is 0 Å². The third kappa shape index (κ3) is 7.80. The number of guanidine groups is 1. The van der Waals surface area contributed by atoms with E-state index in [0.29, 0.717) is 19.0 Å². The van der Waals surface area contributed by atoms with Gasteiger partial charge in [0.05, 0.1) is 12.5 Å². The molecule has 0 aliphatic carbocycles. The summed E-state index contributed by atoms with van der Waals surface area (Å²) in [6, 6.07) is 6.23. The van der Waals surface area contributed by atoms with Crippen molar-refractivity contribution < 1.29 is 9.53 Å². The summed E-state index contributed by atoms with van der Waals surface area (Å²) >= 11 is 0. The SMILES string of the molecule is CCNC(=O)C(C)(C)CNC(=NC)NCCc1ccc(C)c(OC)c1.I. The lowest BCUT2D eigenvalue weighted by molar-refractivity contribution is -0.128. The van der Waals surface area contributed by atoms with Crippen molar-refractivity contribution in [3.05, 3.63) is 29.3 Å². The molecular weight excluding hydrogens is 443 g/mol. The first-order valence-electron chi connectivity index (χ1n) is 8.70. The lowest BCUT2D eigenvalue weighted by Gasteiger charge is -2.24. The third-order valence-electron chi connectivity index (χ3n) is 4.05. The molecule has 0 aliphatic heterocycles. The molecule has 0 unspecified atom stereocenters. The molecule has 0 aromatic heterocycles. The molecule has 0 saturated carbocycles. The second-order valence-electron chi connectivity index (χ2n) is 6.65. The Hall–Kier alpha value is -1.51. The average Bonchev–Trinajstić information content (AvgIpc) is 2.59. The van der Waals surface area contributed by atoms with E-state index in [1.165, 1.54) is 5.56 Å². The Labute approximate surface area is 174 Å². The Morgan fingerprint density at radius 3 is 2.50 bits per heavy atom. The van der Waals surface area contributed by atoms with Crippen LogP contribution in [0.25, 0.3) is 0 Å². The number of amides is 1. The minimum atomic E-state index is -0.502. The molecule has 0 fully saturated rings. The first-order valence-corrected chi connectivity index (χ1v) is 8.70. The highest BCUT2D eigenvalue weighted by molar-refractivity contribution is 14.0. The number of ether oxygens (including phenoxy) is 1. The highest BCUT2D eigenvalue weighted by Gasteiger charge is 2.27. The molecule has 1 aromatic rings. The van der Waals surface area contributed by atoms with Gasteiger partial charge in [0.25, 0.3) is 0 Å². The standard InChI is InChI=1S/C19H32N4O2.HI/c1-7-21-17(24)19(3,4)13-23-18(20-5)22-11-10-15-9-8-14(2)16(12-15)25-6;/h8-9,12H,7,10-11,13H2,1-6H3,(H,21,24)(H2,20,22,23);1H. The van der Waals surface area contributed by atoms with Crippen LogP contribution >= 0.6 is 24.0 Å². The van der Waals surface area contributed by atoms with E-state index in [9.17, 15) is 4.79 Å². The maximum absolute atomic E-state index is 12.0. The Bertz CT molecular complexity index is 603. The summed E-state index contributed by atoms with van der Waals surface area (Å²) in [6.07, 6.45) is 0.858. The van der Waals surface area contributed by atoms with Crippen molar-refractivity contribution in [2.45, 2.75) is 34.1 Å². The molecular formula is C19H33IN4O2. The lowest BCUT2D eigenvalue weighted by atomic mass is 9.92. The van der Waals surface area contributed by atoms with Gasteiger partial charge in [0.1, 0.15) is 5.75 Å². The van der Waals surface area contributed by atoms with E-state index in [1.54, 1.807) is 14.2 Å². The molecule has 0 spiro atoms. The largest absolute Gasteiger partial charge is 0.496 e. The Morgan fingerprint density at radius 1 is 1.23 bits per heavy atom. The molecule has 0 aliphatic rings. The predicted molar refractivity (Wildman–Crippen MR) is 119 cm³/mol. The van der Waals surface area contributed by atoms with Crippen LogP contribution in [0.2, 0.25) is 0 Å². The van der Waals surface area contributed by atoms with Gasteiger partial charge in [0, 0.05) is 26.7 Å². The van der Waals surface area contributed by atoms with Crippen LogP contribution in [0.1, 0.15) is 31.9 Å². The van der Waals surface area contributed by atoms with Gasteiger partial charge >= 0.3 is 0 Å². The van der Waals surface area contributed by atoms with Crippen molar-refractivity contribution in [2.75, 3.05) is 33.8 Å². The smallest absolute Gasteiger partial charge is 0.227 e. The van der Waals surface area contributed by atoms with Gasteiger partial charge in [-0.15, -0.1) is 24.0 Å². The summed E-state index contributed by atoms with van der Waals surface area (Å²) in [5.74, 6) is 1.63. The minimum Gasteiger partial charge on any atom is -0.496 e. The Kier molecular flexibility index (Phi) is 11.3. The van der Waals surface area contributed by atoms with Gasteiger partial charge in [-0.05, 0) is 51.3 Å². The highest BCUT2D eigenvalue weighted by Crippen LogP contribution is 2.19. The fraction of sp³-hybridized carbons (Fsp3) is 0.579. The molecule has 1 aromatic carbocycles. The number of nitrogens with zero attached hydrogens (tertiary/aromatic N) is 1. The third-order valence-corrected chi connectivity index (χ3v) is 4.05. The Morgan fingerprint density at radius 2 is 1.92 bits per heavy atom. The van der Waals surface area contributed by atoms with Crippen LogP contribution in [-0.4, -0.2) is 45.7 Å². The van der Waals surface area contributed by atoms with Gasteiger partial charge in [-0.1, -0.05) is 12.1 Å². The monoisotopic (exact) mass is 476 g/mol. The van der Waals surface area contributed by atoms with Crippen molar-refractivity contribution in [1.29, 1.82) is 0 Å². The first-order chi connectivity index (χ1) is 11.8. The lowest BCUT2D eigenvalue weighted by Crippen LogP contribution is -2.48. The zero-order valence-electron chi connectivity index (χ0n) is 16.7. The van der Waals surface area contributed by atoms with Gasteiger partial charge in [0.15, 0.2) is 5.96 Å². The number of benzene rings is 1. The number of halogens is 1. The number of nitrogens with one attached hydrogen (secondary N) is 3. The van der Waals surface area contributed by atoms with Crippen LogP contribution in [0, 0.1) is 12.3 Å². The zero-order chi connectivity index (χ0) is 18.9. The summed E-state index contributed by atoms with van der Waals surface area (Å²) in [7, 11) is 3.41. The van der Waals surface area contributed by atoms with Crippen LogP contribution in [0.15, 0.2) is 23.2 Å². The fourth-order valence-corrected chi connectivity index (χ4v) is 2.35. The molecule has 1 rings (SSSR count). The molecule has 1 amide bonds. The van der Waals surface area contributed by atoms with Crippen LogP contribution in [0.5, 0.6) is 5.75 Å². The number of aliphatic imine (C=N–C) groups is 1. The second kappa shape index (κ2) is 12.0. The molecule has 148 valence electrons. The minimum absolute atomic E-state index is 0. The van der Waals surface area contributed by atoms with Gasteiger partial charge in [0.2, 0.25) is 5.91 Å². The van der Waals surface area contributed by atoms with Gasteiger partial charge in [-0.3, -0.25) is 9.79 Å². The van der Waals surface area contributed by atoms with E-state index < -0.39 is 5.41 Å². The molecule has 0 bridgehead atoms. The van der Waals surface area contributed by atoms with Crippen molar-refractivity contribution in [3.8, 4) is 5.75 Å². The summed E-state index contributed by atoms with van der Waals surface area (Å²) in [5, 5.41) is 9.36. The molecule has 0 heterocycles. The molecule has 7 heteroatoms. The van der Waals surface area contributed by atoms with Crippen LogP contribution in [0.3, 0.4) is 0 Å². The van der Waals surface area contributed by atoms with Gasteiger partial charge in [-0.25, -0.2) is 0 Å². The number of carbonyl (C=O) groups excluding carboxylic acids is 1. The molecule has 0 saturated heterocycles. The normalized spacial score (nSPS) is 11.4. The summed E-state index contributed by atoms with van der Waals surface area (Å²) in [4.78, 5) is 16.2. The van der Waals surface area contributed by atoms with E-state index in [0.717, 1.165) is 24.3 Å². The molecule has 3 N–H and O–H groups in total. The summed E-state index contributed by atoms with van der Waals surface area (Å²) < 4.78 is 5.36. The van der Waals surface area contributed by atoms with E-state index in [4.69, 9.17) is 4.74 Å². The van der Waals surface area contributed by atoms with E-state index in [-0.39, 0.29) is 29.9 Å². The fourth-order valence-electron chi connectivity index (χ4n) is 2.35. The molecule has 0 atom stereocenters. The first kappa shape index (κ1) is 24.5. The maximum Gasteiger partial charge on any atom is 0.227 e.